The van der Waals surface area contributed by atoms with Crippen LogP contribution >= 0.6 is 0 Å². The fraction of sp³-hybridized carbons (Fsp3) is 0.417. The number of rotatable bonds is 1. The van der Waals surface area contributed by atoms with Crippen molar-refractivity contribution in [2.75, 3.05) is 0 Å². The number of fused-ring (bicyclic) bond motifs is 1. The highest BCUT2D eigenvalue weighted by molar-refractivity contribution is 5.93. The summed E-state index contributed by atoms with van der Waals surface area (Å²) in [5, 5.41) is 9.31. The van der Waals surface area contributed by atoms with Crippen molar-refractivity contribution >= 4 is 5.97 Å². The lowest BCUT2D eigenvalue weighted by Gasteiger charge is -2.43. The molecule has 0 spiro atoms. The Morgan fingerprint density at radius 2 is 1.26 bits per heavy atom. The molecule has 1 aliphatic heterocycles. The Morgan fingerprint density at radius 1 is 0.815 bits per heavy atom. The molecule has 1 N–H and O–H groups in total. The van der Waals surface area contributed by atoms with Crippen molar-refractivity contribution in [1.82, 2.24) is 0 Å². The molecule has 0 aromatic heterocycles. The van der Waals surface area contributed by atoms with Gasteiger partial charge in [-0.05, 0) is 0 Å². The summed E-state index contributed by atoms with van der Waals surface area (Å²) in [6, 6.07) is 0. The molecule has 0 bridgehead atoms. The van der Waals surface area contributed by atoms with Gasteiger partial charge in [-0.3, -0.25) is 0 Å². The third-order valence-electron chi connectivity index (χ3n) is 3.58. The number of benzene rings is 1. The zero-order valence-corrected chi connectivity index (χ0v) is 11.9. The summed E-state index contributed by atoms with van der Waals surface area (Å²) in [5.74, 6) is -32.3. The van der Waals surface area contributed by atoms with Gasteiger partial charge in [-0.1, -0.05) is 0 Å². The summed E-state index contributed by atoms with van der Waals surface area (Å²) < 4.78 is 161. The van der Waals surface area contributed by atoms with Crippen molar-refractivity contribution in [3.8, 4) is 0 Å². The lowest BCUT2D eigenvalue weighted by molar-refractivity contribution is -0.398. The minimum Gasteiger partial charge on any atom is -0.419 e. The number of esters is 1. The first-order valence-electron chi connectivity index (χ1n) is 6.22. The van der Waals surface area contributed by atoms with E-state index in [1.165, 1.54) is 0 Å². The fourth-order valence-corrected chi connectivity index (χ4v) is 2.38. The first kappa shape index (κ1) is 21.1. The molecule has 15 heteroatoms. The summed E-state index contributed by atoms with van der Waals surface area (Å²) in [6.45, 7) is 0. The summed E-state index contributed by atoms with van der Waals surface area (Å²) in [5.41, 5.74) is -5.38. The van der Waals surface area contributed by atoms with Gasteiger partial charge < -0.3 is 9.84 Å². The van der Waals surface area contributed by atoms with Crippen LogP contribution < -0.4 is 0 Å². The highest BCUT2D eigenvalue weighted by Gasteiger charge is 2.78. The molecule has 0 aliphatic carbocycles. The minimum atomic E-state index is -6.95. The van der Waals surface area contributed by atoms with Crippen molar-refractivity contribution in [3.05, 3.63) is 34.4 Å². The second-order valence-electron chi connectivity index (χ2n) is 5.18. The van der Waals surface area contributed by atoms with E-state index >= 15 is 0 Å². The van der Waals surface area contributed by atoms with Crippen molar-refractivity contribution in [2.45, 2.75) is 30.0 Å². The lowest BCUT2D eigenvalue weighted by atomic mass is 9.78. The van der Waals surface area contributed by atoms with Crippen LogP contribution in [-0.4, -0.2) is 35.1 Å². The van der Waals surface area contributed by atoms with E-state index in [-0.39, 0.29) is 0 Å². The van der Waals surface area contributed by atoms with Crippen molar-refractivity contribution < 1.29 is 67.3 Å². The molecule has 1 aromatic carbocycles. The summed E-state index contributed by atoms with van der Waals surface area (Å²) in [4.78, 5) is 11.4. The van der Waals surface area contributed by atoms with Gasteiger partial charge in [0.25, 0.3) is 0 Å². The van der Waals surface area contributed by atoms with Crippen LogP contribution in [0.1, 0.15) is 21.8 Å². The Bertz CT molecular complexity index is 812. The number of alkyl halides is 8. The molecule has 0 amide bonds. The van der Waals surface area contributed by atoms with Crippen molar-refractivity contribution in [2.24, 2.45) is 0 Å². The molecule has 27 heavy (non-hydrogen) atoms. The molecule has 1 heterocycles. The lowest BCUT2D eigenvalue weighted by Crippen LogP contribution is -2.63. The standard InChI is InChI=1S/C12H2F12O3/c13-3-1-2(4(14)6(16)5(3)15)8(25)27-10(26,12(22,23)24)7(1)9(17,18)11(19,20)21/h7,26H. The number of carbonyl (C=O) groups is 1. The van der Waals surface area contributed by atoms with Crippen LogP contribution in [0, 0.1) is 23.3 Å². The molecule has 1 aliphatic rings. The number of hydrogen-bond donors (Lipinski definition) is 1. The Morgan fingerprint density at radius 3 is 1.67 bits per heavy atom. The van der Waals surface area contributed by atoms with Crippen LogP contribution in [0.4, 0.5) is 52.7 Å². The predicted octanol–water partition coefficient (Wildman–Crippen LogP) is 3.95. The third kappa shape index (κ3) is 2.70. The van der Waals surface area contributed by atoms with Crippen LogP contribution in [0.2, 0.25) is 0 Å². The van der Waals surface area contributed by atoms with E-state index in [2.05, 4.69) is 4.74 Å². The molecule has 3 nitrogen and oxygen atoms in total. The maximum atomic E-state index is 13.8. The molecule has 0 fully saturated rings. The maximum Gasteiger partial charge on any atom is 0.456 e. The second-order valence-corrected chi connectivity index (χ2v) is 5.18. The van der Waals surface area contributed by atoms with Gasteiger partial charge in [0.15, 0.2) is 23.3 Å². The number of halogens is 12. The highest BCUT2D eigenvalue weighted by atomic mass is 19.4. The SMILES string of the molecule is O=C1OC(O)(C(F)(F)F)C(C(F)(F)C(F)(F)F)c2c(F)c(F)c(F)c(F)c21. The summed E-state index contributed by atoms with van der Waals surface area (Å²) >= 11 is 0. The number of carbonyl (C=O) groups excluding carboxylic acids is 1. The number of aliphatic hydroxyl groups is 1. The van der Waals surface area contributed by atoms with Gasteiger partial charge in [0, 0.05) is 5.56 Å². The smallest absolute Gasteiger partial charge is 0.419 e. The molecule has 152 valence electrons. The van der Waals surface area contributed by atoms with E-state index < -0.39 is 70.3 Å². The van der Waals surface area contributed by atoms with E-state index in [9.17, 15) is 62.6 Å². The molecule has 2 unspecified atom stereocenters. The normalized spacial score (nSPS) is 23.9. The van der Waals surface area contributed by atoms with Gasteiger partial charge in [0.2, 0.25) is 0 Å². The number of cyclic esters (lactones) is 1. The predicted molar refractivity (Wildman–Crippen MR) is 56.4 cm³/mol. The Labute approximate surface area is 139 Å². The van der Waals surface area contributed by atoms with E-state index in [0.717, 1.165) is 0 Å². The van der Waals surface area contributed by atoms with Crippen LogP contribution in [0.3, 0.4) is 0 Å². The van der Waals surface area contributed by atoms with Gasteiger partial charge in [-0.15, -0.1) is 0 Å². The second kappa shape index (κ2) is 5.65. The third-order valence-corrected chi connectivity index (χ3v) is 3.58. The van der Waals surface area contributed by atoms with Crippen LogP contribution in [0.5, 0.6) is 0 Å². The zero-order chi connectivity index (χ0) is 21.3. The molecule has 2 rings (SSSR count). The van der Waals surface area contributed by atoms with Crippen molar-refractivity contribution in [3.63, 3.8) is 0 Å². The quantitative estimate of drug-likeness (QED) is 0.323. The fourth-order valence-electron chi connectivity index (χ4n) is 2.38. The zero-order valence-electron chi connectivity index (χ0n) is 11.9. The minimum absolute atomic E-state index is 2.49. The van der Waals surface area contributed by atoms with E-state index in [4.69, 9.17) is 0 Å². The van der Waals surface area contributed by atoms with Crippen LogP contribution in [0.25, 0.3) is 0 Å². The number of ether oxygens (including phenoxy) is 1. The summed E-state index contributed by atoms with van der Waals surface area (Å²) in [6.07, 6.45) is -13.6. The van der Waals surface area contributed by atoms with Gasteiger partial charge in [0.1, 0.15) is 11.5 Å². The Hall–Kier alpha value is -2.19. The molecule has 2 atom stereocenters. The molecule has 0 saturated carbocycles. The molecule has 1 aromatic rings. The summed E-state index contributed by atoms with van der Waals surface area (Å²) in [7, 11) is 0. The average molecular weight is 422 g/mol. The monoisotopic (exact) mass is 422 g/mol. The first-order chi connectivity index (χ1) is 11.9. The van der Waals surface area contributed by atoms with Gasteiger partial charge in [0.05, 0.1) is 0 Å². The largest absolute Gasteiger partial charge is 0.456 e. The van der Waals surface area contributed by atoms with Crippen LogP contribution in [0.15, 0.2) is 0 Å². The van der Waals surface area contributed by atoms with E-state index in [0.29, 0.717) is 0 Å². The topological polar surface area (TPSA) is 46.5 Å². The Balaban J connectivity index is 3.05. The highest BCUT2D eigenvalue weighted by Crippen LogP contribution is 2.58. The first-order valence-corrected chi connectivity index (χ1v) is 6.22. The van der Waals surface area contributed by atoms with E-state index in [1.54, 1.807) is 0 Å². The van der Waals surface area contributed by atoms with Gasteiger partial charge in [-0.2, -0.15) is 35.1 Å². The average Bonchev–Trinajstić information content (AvgIpc) is 2.47. The van der Waals surface area contributed by atoms with E-state index in [1.807, 2.05) is 0 Å². The van der Waals surface area contributed by atoms with Gasteiger partial charge in [-0.25, -0.2) is 22.4 Å². The Kier molecular flexibility index (Phi) is 4.42. The van der Waals surface area contributed by atoms with Crippen LogP contribution in [-0.2, 0) is 4.74 Å². The van der Waals surface area contributed by atoms with Crippen molar-refractivity contribution in [1.29, 1.82) is 0 Å². The molecule has 0 saturated heterocycles. The van der Waals surface area contributed by atoms with Gasteiger partial charge >= 0.3 is 30.0 Å². The molecular formula is C12H2F12O3. The molecule has 0 radical (unpaired) electrons. The molecular weight excluding hydrogens is 420 g/mol. The maximum absolute atomic E-state index is 13.8. The number of hydrogen-bond acceptors (Lipinski definition) is 3.